The summed E-state index contributed by atoms with van der Waals surface area (Å²) in [4.78, 5) is 2.94. The van der Waals surface area contributed by atoms with E-state index in [1.165, 1.54) is 231 Å². The van der Waals surface area contributed by atoms with Crippen LogP contribution in [0.4, 0.5) is 0 Å². The number of thiophene rings is 2. The maximum atomic E-state index is 6.85. The molecule has 2 fully saturated rings. The van der Waals surface area contributed by atoms with E-state index in [0.717, 1.165) is 12.8 Å². The van der Waals surface area contributed by atoms with Gasteiger partial charge in [0.25, 0.3) is 0 Å². The van der Waals surface area contributed by atoms with Crippen LogP contribution in [0, 0.1) is 0 Å². The predicted octanol–water partition coefficient (Wildman–Crippen LogP) is 17.9. The highest BCUT2D eigenvalue weighted by Crippen LogP contribution is 2.43. The maximum Gasteiger partial charge on any atom is 0.495 e. The lowest BCUT2D eigenvalue weighted by molar-refractivity contribution is 0.00578. The third-order valence-electron chi connectivity index (χ3n) is 16.1. The summed E-state index contributed by atoms with van der Waals surface area (Å²) in [6.45, 7) is 22.0. The number of hydrogen-bond donors (Lipinski definition) is 0. The van der Waals surface area contributed by atoms with Crippen molar-refractivity contribution in [3.63, 3.8) is 0 Å². The summed E-state index contributed by atoms with van der Waals surface area (Å²) < 4.78 is 30.1. The Labute approximate surface area is 413 Å². The van der Waals surface area contributed by atoms with Crippen molar-refractivity contribution in [1.29, 1.82) is 0 Å². The highest BCUT2D eigenvalue weighted by molar-refractivity contribution is 7.21. The van der Waals surface area contributed by atoms with Gasteiger partial charge in [-0.2, -0.15) is 0 Å². The van der Waals surface area contributed by atoms with Crippen molar-refractivity contribution >= 4 is 78.8 Å². The van der Waals surface area contributed by atoms with Crippen LogP contribution in [0.5, 0.6) is 0 Å². The fourth-order valence-corrected chi connectivity index (χ4v) is 12.8. The average Bonchev–Trinajstić information content (AvgIpc) is 4.00. The van der Waals surface area contributed by atoms with Gasteiger partial charge in [0, 0.05) is 29.9 Å². The van der Waals surface area contributed by atoms with Gasteiger partial charge in [0.15, 0.2) is 0 Å². The summed E-state index contributed by atoms with van der Waals surface area (Å²) in [7, 11) is -0.837. The third kappa shape index (κ3) is 14.4. The third-order valence-corrected chi connectivity index (χ3v) is 18.6. The van der Waals surface area contributed by atoms with Gasteiger partial charge in [-0.25, -0.2) is 0 Å². The van der Waals surface area contributed by atoms with Crippen molar-refractivity contribution < 1.29 is 18.6 Å². The van der Waals surface area contributed by atoms with Gasteiger partial charge in [-0.05, 0) is 115 Å². The van der Waals surface area contributed by atoms with Gasteiger partial charge in [0.1, 0.15) is 0 Å². The molecule has 2 aromatic heterocycles. The van der Waals surface area contributed by atoms with Crippen LogP contribution in [0.15, 0.2) is 24.3 Å². The maximum absolute atomic E-state index is 6.85. The second-order valence-corrected chi connectivity index (χ2v) is 25.1. The van der Waals surface area contributed by atoms with Crippen LogP contribution >= 0.6 is 22.7 Å². The molecule has 0 N–H and O–H groups in total. The number of hydrogen-bond acceptors (Lipinski definition) is 6. The Morgan fingerprint density at radius 2 is 0.576 bits per heavy atom. The molecule has 368 valence electrons. The van der Waals surface area contributed by atoms with Gasteiger partial charge >= 0.3 is 14.2 Å². The molecule has 2 aromatic carbocycles. The minimum Gasteiger partial charge on any atom is -0.399 e. The van der Waals surface area contributed by atoms with E-state index in [-0.39, 0.29) is 0 Å². The Morgan fingerprint density at radius 3 is 0.833 bits per heavy atom. The Morgan fingerprint density at radius 1 is 0.333 bits per heavy atom. The molecule has 0 bridgehead atoms. The van der Waals surface area contributed by atoms with E-state index in [4.69, 9.17) is 18.6 Å². The minimum atomic E-state index is -0.418. The molecular weight excluding hydrogens is 846 g/mol. The first kappa shape index (κ1) is 53.9. The van der Waals surface area contributed by atoms with Crippen LogP contribution < -0.4 is 10.9 Å². The van der Waals surface area contributed by atoms with Gasteiger partial charge in [0.05, 0.1) is 22.4 Å². The molecule has 4 nitrogen and oxygen atoms in total. The Kier molecular flexibility index (Phi) is 20.9. The summed E-state index contributed by atoms with van der Waals surface area (Å²) >= 11 is 3.99. The quantitative estimate of drug-likeness (QED) is 0.0361. The molecule has 0 atom stereocenters. The van der Waals surface area contributed by atoms with Crippen molar-refractivity contribution in [3.8, 4) is 0 Å². The molecule has 66 heavy (non-hydrogen) atoms. The molecule has 2 saturated heterocycles. The fourth-order valence-electron chi connectivity index (χ4n) is 10.3. The number of rotatable bonds is 32. The Bertz CT molecular complexity index is 1880. The second kappa shape index (κ2) is 25.6. The summed E-state index contributed by atoms with van der Waals surface area (Å²) in [5.74, 6) is 0. The first-order chi connectivity index (χ1) is 31.7. The van der Waals surface area contributed by atoms with Crippen LogP contribution in [-0.4, -0.2) is 36.6 Å². The molecule has 0 unspecified atom stereocenters. The molecule has 0 radical (unpaired) electrons. The second-order valence-electron chi connectivity index (χ2n) is 22.8. The molecule has 4 heterocycles. The van der Waals surface area contributed by atoms with E-state index in [9.17, 15) is 0 Å². The van der Waals surface area contributed by atoms with Crippen molar-refractivity contribution in [2.45, 2.75) is 284 Å². The lowest BCUT2D eigenvalue weighted by Crippen LogP contribution is -2.41. The summed E-state index contributed by atoms with van der Waals surface area (Å²) in [5.41, 5.74) is 0.701. The van der Waals surface area contributed by atoms with E-state index < -0.39 is 36.6 Å². The Hall–Kier alpha value is -1.41. The van der Waals surface area contributed by atoms with Crippen molar-refractivity contribution in [2.75, 3.05) is 0 Å². The van der Waals surface area contributed by atoms with Crippen LogP contribution in [0.3, 0.4) is 0 Å². The predicted molar refractivity (Wildman–Crippen MR) is 294 cm³/mol. The molecule has 6 rings (SSSR count). The molecule has 2 aliphatic rings. The molecule has 0 aliphatic carbocycles. The number of aryl methyl sites for hydroxylation is 2. The van der Waals surface area contributed by atoms with Crippen molar-refractivity contribution in [3.05, 3.63) is 34.0 Å². The molecule has 4 aromatic rings. The zero-order valence-corrected chi connectivity index (χ0v) is 45.8. The van der Waals surface area contributed by atoms with Gasteiger partial charge in [0.2, 0.25) is 0 Å². The molecule has 2 aliphatic heterocycles. The van der Waals surface area contributed by atoms with Gasteiger partial charge < -0.3 is 18.6 Å². The number of fused-ring (bicyclic) bond motifs is 5. The van der Waals surface area contributed by atoms with Crippen molar-refractivity contribution in [1.82, 2.24) is 0 Å². The first-order valence-electron chi connectivity index (χ1n) is 27.8. The van der Waals surface area contributed by atoms with Crippen LogP contribution in [-0.2, 0) is 31.5 Å². The van der Waals surface area contributed by atoms with E-state index in [1.807, 2.05) is 22.7 Å². The largest absolute Gasteiger partial charge is 0.495 e. The minimum absolute atomic E-state index is 0.411. The SMILES string of the molecule is CCCCCCCCCCCCCCCCc1cc2c(B3OC(C)(C)C(C)(C)O3)cc3c(cc(B4OC(C)(C)C(C)(C)O4)c4cc(CCCCCCCCCCCCCCCC)sc43)c2s1. The first-order valence-corrected chi connectivity index (χ1v) is 29.5. The lowest BCUT2D eigenvalue weighted by atomic mass is 9.73. The van der Waals surface area contributed by atoms with E-state index in [1.54, 1.807) is 0 Å². The molecule has 0 spiro atoms. The molecule has 0 amide bonds. The van der Waals surface area contributed by atoms with Crippen LogP contribution in [0.2, 0.25) is 0 Å². The van der Waals surface area contributed by atoms with E-state index in [0.29, 0.717) is 0 Å². The highest BCUT2D eigenvalue weighted by Gasteiger charge is 2.53. The van der Waals surface area contributed by atoms with Crippen molar-refractivity contribution in [2.24, 2.45) is 0 Å². The smallest absolute Gasteiger partial charge is 0.399 e. The van der Waals surface area contributed by atoms with Gasteiger partial charge in [-0.15, -0.1) is 22.7 Å². The fraction of sp³-hybridized carbons (Fsp3) is 0.759. The van der Waals surface area contributed by atoms with E-state index in [2.05, 4.69) is 93.5 Å². The van der Waals surface area contributed by atoms with Gasteiger partial charge in [-0.3, -0.25) is 0 Å². The Balaban J connectivity index is 1.16. The average molecular weight is 941 g/mol. The normalized spacial score (nSPS) is 17.7. The molecule has 8 heteroatoms. The molecule has 0 saturated carbocycles. The molecular formula is C58H94B2O4S2. The highest BCUT2D eigenvalue weighted by atomic mass is 32.1. The zero-order valence-electron chi connectivity index (χ0n) is 44.1. The zero-order chi connectivity index (χ0) is 47.2. The van der Waals surface area contributed by atoms with Gasteiger partial charge in [-0.1, -0.05) is 193 Å². The summed E-state index contributed by atoms with van der Waals surface area (Å²) in [6.07, 6.45) is 41.1. The number of benzene rings is 2. The van der Waals surface area contributed by atoms with Crippen LogP contribution in [0.1, 0.15) is 259 Å². The number of unbranched alkanes of at least 4 members (excludes halogenated alkanes) is 26. The lowest BCUT2D eigenvalue weighted by Gasteiger charge is -2.32. The topological polar surface area (TPSA) is 36.9 Å². The van der Waals surface area contributed by atoms with Crippen LogP contribution in [0.25, 0.3) is 30.9 Å². The summed E-state index contributed by atoms with van der Waals surface area (Å²) in [6, 6.07) is 9.84. The van der Waals surface area contributed by atoms with E-state index >= 15 is 0 Å². The monoisotopic (exact) mass is 941 g/mol. The summed E-state index contributed by atoms with van der Waals surface area (Å²) in [5, 5.41) is 5.18. The standard InChI is InChI=1S/C58H94B2O4S2/c1-11-13-15-17-19-21-23-25-27-29-31-33-35-37-39-45-41-49-51(59-61-55(3,4)56(5,6)62-59)44-48-47(53(49)65-45)43-52(60-63-57(7,8)58(9,10)64-60)50-42-46(66-54(48)50)40-38-36-34-32-30-28-26-24-22-20-18-16-14-12-2/h41-44H,11-40H2,1-10H3.